The van der Waals surface area contributed by atoms with Crippen molar-refractivity contribution >= 4 is 56.3 Å². The van der Waals surface area contributed by atoms with Crippen LogP contribution in [0.1, 0.15) is 61.5 Å². The predicted molar refractivity (Wildman–Crippen MR) is 125 cm³/mol. The van der Waals surface area contributed by atoms with E-state index in [2.05, 4.69) is 36.0 Å². The smallest absolute Gasteiger partial charge is 0.332 e. The van der Waals surface area contributed by atoms with Crippen LogP contribution in [0.15, 0.2) is 33.9 Å². The van der Waals surface area contributed by atoms with Gasteiger partial charge in [-0.1, -0.05) is 45.0 Å². The first-order chi connectivity index (χ1) is 11.5. The summed E-state index contributed by atoms with van der Waals surface area (Å²) in [7, 11) is 1.66. The highest BCUT2D eigenvalue weighted by molar-refractivity contribution is 7.81. The Labute approximate surface area is 171 Å². The van der Waals surface area contributed by atoms with E-state index in [1.165, 1.54) is 0 Å². The Bertz CT molecular complexity index is 637. The van der Waals surface area contributed by atoms with E-state index in [4.69, 9.17) is 16.3 Å². The molecule has 0 atom stereocenters. The summed E-state index contributed by atoms with van der Waals surface area (Å²) in [6, 6.07) is 5.59. The van der Waals surface area contributed by atoms with E-state index in [0.29, 0.717) is 16.4 Å². The first-order valence-electron chi connectivity index (χ1n) is 8.21. The predicted octanol–water partition coefficient (Wildman–Crippen LogP) is 5.84. The Balaban J connectivity index is 0. The minimum atomic E-state index is -0.449. The molecule has 0 N–H and O–H groups in total. The molecular weight excluding hydrogens is 363 g/mol. The number of hydrogen-bond acceptors (Lipinski definition) is 4. The van der Waals surface area contributed by atoms with Crippen molar-refractivity contribution in [2.45, 2.75) is 66.2 Å². The van der Waals surface area contributed by atoms with Crippen LogP contribution in [-0.2, 0) is 4.65 Å². The quantitative estimate of drug-likeness (QED) is 0.351. The van der Waals surface area contributed by atoms with Crippen molar-refractivity contribution in [3.05, 3.63) is 34.5 Å². The minimum Gasteiger partial charge on any atom is -0.428 e. The highest BCUT2D eigenvalue weighted by Gasteiger charge is 2.34. The third-order valence-electron chi connectivity index (χ3n) is 3.97. The van der Waals surface area contributed by atoms with Gasteiger partial charge in [-0.15, -0.1) is 0 Å². The number of thiol groups is 1. The number of aliphatic imine (C=N–C) groups is 2. The molecule has 0 aliphatic heterocycles. The van der Waals surface area contributed by atoms with Crippen LogP contribution in [0.5, 0.6) is 0 Å². The summed E-state index contributed by atoms with van der Waals surface area (Å²) >= 11 is 10.9. The van der Waals surface area contributed by atoms with Gasteiger partial charge in [-0.25, -0.2) is 0 Å². The van der Waals surface area contributed by atoms with Crippen molar-refractivity contribution in [1.82, 2.24) is 0 Å². The molecule has 0 saturated carbocycles. The monoisotopic (exact) mass is 395 g/mol. The fraction of sp³-hybridized carbons (Fsp3) is 0.500. The number of allylic oxidation sites excluding steroid dienone is 1. The van der Waals surface area contributed by atoms with Crippen molar-refractivity contribution in [1.29, 1.82) is 0 Å². The molecule has 0 aliphatic carbocycles. The molecule has 1 aromatic rings. The van der Waals surface area contributed by atoms with Gasteiger partial charge in [0.15, 0.2) is 0 Å². The summed E-state index contributed by atoms with van der Waals surface area (Å²) in [6.07, 6.45) is 0. The average molecular weight is 396 g/mol. The van der Waals surface area contributed by atoms with Crippen LogP contribution in [0.3, 0.4) is 0 Å². The van der Waals surface area contributed by atoms with Crippen LogP contribution in [-0.4, -0.2) is 31.3 Å². The topological polar surface area (TPSA) is 34.0 Å². The summed E-state index contributed by atoms with van der Waals surface area (Å²) in [6.45, 7) is 20.9. The molecule has 0 aliphatic rings. The lowest BCUT2D eigenvalue weighted by Crippen LogP contribution is -2.45. The number of hydrogen-bond donors (Lipinski definition) is 1. The number of halogens is 1. The largest absolute Gasteiger partial charge is 0.428 e. The first kappa shape index (κ1) is 27.2. The number of nitrogens with zero attached hydrogens (tertiary/aromatic N) is 2. The van der Waals surface area contributed by atoms with Gasteiger partial charge in [-0.05, 0) is 59.6 Å². The molecule has 1 aromatic carbocycles. The summed E-state index contributed by atoms with van der Waals surface area (Å²) in [5, 5.41) is 0.563. The molecule has 0 spiro atoms. The highest BCUT2D eigenvalue weighted by atomic mass is 35.5. The van der Waals surface area contributed by atoms with E-state index in [1.807, 2.05) is 66.7 Å². The standard InChI is InChI=1S/C17H23BClN2OS.C2H6.CH4/c1-11(20-6)15(21-7)12-8-9-13(14(19)10-12)18-22-16(2,3)17(4,5)23;1-2;/h8-10,23H,6-7H2,1-5H3;1-2H3;1H4/b15-11-;;. The maximum Gasteiger partial charge on any atom is 0.332 e. The number of rotatable bonds is 7. The van der Waals surface area contributed by atoms with Crippen molar-refractivity contribution in [3.63, 3.8) is 0 Å². The zero-order chi connectivity index (χ0) is 19.8. The summed E-state index contributed by atoms with van der Waals surface area (Å²) < 4.78 is 5.59. The van der Waals surface area contributed by atoms with Crippen LogP contribution >= 0.6 is 24.2 Å². The van der Waals surface area contributed by atoms with Crippen molar-refractivity contribution < 1.29 is 4.65 Å². The van der Waals surface area contributed by atoms with Crippen LogP contribution in [0.2, 0.25) is 5.02 Å². The van der Waals surface area contributed by atoms with Crippen LogP contribution < -0.4 is 5.46 Å². The van der Waals surface area contributed by atoms with Gasteiger partial charge < -0.3 is 4.65 Å². The Hall–Kier alpha value is -1.04. The first-order valence-corrected chi connectivity index (χ1v) is 9.03. The molecule has 145 valence electrons. The Morgan fingerprint density at radius 1 is 1.15 bits per heavy atom. The van der Waals surface area contributed by atoms with Crippen molar-refractivity contribution in [2.24, 2.45) is 9.98 Å². The van der Waals surface area contributed by atoms with Crippen LogP contribution in [0.4, 0.5) is 0 Å². The van der Waals surface area contributed by atoms with E-state index >= 15 is 0 Å². The van der Waals surface area contributed by atoms with E-state index in [9.17, 15) is 0 Å². The zero-order valence-corrected chi connectivity index (χ0v) is 18.0. The molecule has 26 heavy (non-hydrogen) atoms. The molecule has 0 aromatic heterocycles. The summed E-state index contributed by atoms with van der Waals surface area (Å²) in [5.74, 6) is 0. The fourth-order valence-corrected chi connectivity index (χ4v) is 1.89. The Morgan fingerprint density at radius 3 is 2.08 bits per heavy atom. The average Bonchev–Trinajstić information content (AvgIpc) is 2.55. The van der Waals surface area contributed by atoms with Crippen molar-refractivity contribution in [2.75, 3.05) is 0 Å². The molecule has 0 heterocycles. The maximum absolute atomic E-state index is 6.36. The molecule has 1 rings (SSSR count). The van der Waals surface area contributed by atoms with E-state index in [1.54, 1.807) is 7.48 Å². The minimum absolute atomic E-state index is 0. The third kappa shape index (κ3) is 7.30. The third-order valence-corrected chi connectivity index (χ3v) is 4.83. The summed E-state index contributed by atoms with van der Waals surface area (Å²) in [4.78, 5) is 7.90. The van der Waals surface area contributed by atoms with E-state index in [0.717, 1.165) is 11.0 Å². The van der Waals surface area contributed by atoms with Crippen LogP contribution in [0.25, 0.3) is 5.70 Å². The molecule has 3 nitrogen and oxygen atoms in total. The Morgan fingerprint density at radius 2 is 1.69 bits per heavy atom. The lowest BCUT2D eigenvalue weighted by molar-refractivity contribution is 0.0855. The maximum atomic E-state index is 6.36. The second-order valence-electron chi connectivity index (χ2n) is 6.29. The fourth-order valence-electron chi connectivity index (χ4n) is 1.61. The lowest BCUT2D eigenvalue weighted by atomic mass is 9.83. The highest BCUT2D eigenvalue weighted by Crippen LogP contribution is 2.30. The van der Waals surface area contributed by atoms with Gasteiger partial charge in [0.1, 0.15) is 0 Å². The molecule has 0 fully saturated rings. The van der Waals surface area contributed by atoms with Crippen molar-refractivity contribution in [3.8, 4) is 0 Å². The summed E-state index contributed by atoms with van der Waals surface area (Å²) in [5.41, 5.74) is 2.53. The van der Waals surface area contributed by atoms with Gasteiger partial charge in [0.05, 0.1) is 17.0 Å². The SMILES string of the molecule is C.C=N/C(C)=C(\N=C)c1ccc([B]OC(C)(C)C(C)(C)S)c(Cl)c1.CC. The van der Waals surface area contributed by atoms with Gasteiger partial charge in [0.2, 0.25) is 0 Å². The Kier molecular flexibility index (Phi) is 12.2. The second-order valence-corrected chi connectivity index (χ2v) is 7.82. The lowest BCUT2D eigenvalue weighted by Gasteiger charge is -2.38. The molecule has 6 heteroatoms. The van der Waals surface area contributed by atoms with Gasteiger partial charge >= 0.3 is 7.48 Å². The molecule has 0 amide bonds. The van der Waals surface area contributed by atoms with Gasteiger partial charge in [0.25, 0.3) is 0 Å². The number of benzene rings is 1. The van der Waals surface area contributed by atoms with E-state index < -0.39 is 5.60 Å². The normalized spacial score (nSPS) is 12.0. The second kappa shape index (κ2) is 11.6. The van der Waals surface area contributed by atoms with Gasteiger partial charge in [-0.3, -0.25) is 9.98 Å². The van der Waals surface area contributed by atoms with Gasteiger partial charge in [-0.2, -0.15) is 12.6 Å². The molecule has 0 saturated heterocycles. The van der Waals surface area contributed by atoms with Gasteiger partial charge in [0, 0.05) is 15.3 Å². The van der Waals surface area contributed by atoms with E-state index in [-0.39, 0.29) is 12.2 Å². The molecule has 0 unspecified atom stereocenters. The van der Waals surface area contributed by atoms with Crippen LogP contribution in [0, 0.1) is 0 Å². The molecular formula is C20H33BClN2OS. The molecule has 1 radical (unpaired) electrons. The zero-order valence-electron chi connectivity index (χ0n) is 16.4. The molecule has 0 bridgehead atoms.